The predicted molar refractivity (Wildman–Crippen MR) is 63.9 cm³/mol. The van der Waals surface area contributed by atoms with Crippen molar-refractivity contribution in [2.75, 3.05) is 5.32 Å². The Labute approximate surface area is 95.9 Å². The molecule has 1 N–H and O–H groups in total. The fourth-order valence-corrected chi connectivity index (χ4v) is 1.59. The van der Waals surface area contributed by atoms with E-state index < -0.39 is 0 Å². The zero-order valence-corrected chi connectivity index (χ0v) is 10.2. The molecule has 0 bridgehead atoms. The van der Waals surface area contributed by atoms with E-state index in [2.05, 4.69) is 26.1 Å². The number of anilines is 1. The maximum absolute atomic E-state index is 13.1. The number of halogens is 1. The number of nitrogens with one attached hydrogen (secondary N) is 1. The van der Waals surface area contributed by atoms with Gasteiger partial charge in [0.1, 0.15) is 5.82 Å². The van der Waals surface area contributed by atoms with Crippen molar-refractivity contribution >= 4 is 11.6 Å². The van der Waals surface area contributed by atoms with Crippen LogP contribution in [0.2, 0.25) is 0 Å². The average Bonchev–Trinajstić information content (AvgIpc) is 2.06. The lowest BCUT2D eigenvalue weighted by atomic mass is 9.87. The molecule has 0 aromatic heterocycles. The van der Waals surface area contributed by atoms with E-state index in [0.717, 1.165) is 12.0 Å². The first-order valence-electron chi connectivity index (χ1n) is 5.34. The third-order valence-electron chi connectivity index (χ3n) is 2.10. The maximum Gasteiger partial charge on any atom is 0.221 e. The molecule has 0 atom stereocenters. The molecule has 0 aliphatic rings. The summed E-state index contributed by atoms with van der Waals surface area (Å²) in [5, 5.41) is 2.72. The molecule has 16 heavy (non-hydrogen) atoms. The second kappa shape index (κ2) is 4.64. The van der Waals surface area contributed by atoms with Crippen LogP contribution in [0.15, 0.2) is 18.2 Å². The first-order valence-corrected chi connectivity index (χ1v) is 5.34. The standard InChI is InChI=1S/C13H18FNO/c1-9(16)15-12-6-5-11(14)7-10(12)8-13(2,3)4/h5-7H,8H2,1-4H3,(H,15,16). The second-order valence-electron chi connectivity index (χ2n) is 5.22. The van der Waals surface area contributed by atoms with Gasteiger partial charge in [-0.1, -0.05) is 20.8 Å². The van der Waals surface area contributed by atoms with Gasteiger partial charge in [0.05, 0.1) is 0 Å². The summed E-state index contributed by atoms with van der Waals surface area (Å²) in [4.78, 5) is 11.0. The Hall–Kier alpha value is -1.38. The molecule has 88 valence electrons. The van der Waals surface area contributed by atoms with Crippen molar-refractivity contribution in [2.24, 2.45) is 5.41 Å². The smallest absolute Gasteiger partial charge is 0.221 e. The fraction of sp³-hybridized carbons (Fsp3) is 0.462. The van der Waals surface area contributed by atoms with Crippen LogP contribution in [0, 0.1) is 11.2 Å². The molecule has 3 heteroatoms. The van der Waals surface area contributed by atoms with E-state index in [1.165, 1.54) is 19.1 Å². The summed E-state index contributed by atoms with van der Waals surface area (Å²) in [5.74, 6) is -0.407. The van der Waals surface area contributed by atoms with Gasteiger partial charge in [0, 0.05) is 12.6 Å². The molecule has 1 aromatic carbocycles. The van der Waals surface area contributed by atoms with Crippen LogP contribution >= 0.6 is 0 Å². The molecule has 1 aromatic rings. The topological polar surface area (TPSA) is 29.1 Å². The lowest BCUT2D eigenvalue weighted by Gasteiger charge is -2.20. The van der Waals surface area contributed by atoms with Crippen LogP contribution in [-0.4, -0.2) is 5.91 Å². The highest BCUT2D eigenvalue weighted by Crippen LogP contribution is 2.26. The summed E-state index contributed by atoms with van der Waals surface area (Å²) < 4.78 is 13.1. The number of benzene rings is 1. The van der Waals surface area contributed by atoms with Crippen molar-refractivity contribution in [3.05, 3.63) is 29.6 Å². The number of rotatable bonds is 2. The summed E-state index contributed by atoms with van der Waals surface area (Å²) in [6.45, 7) is 7.69. The Morgan fingerprint density at radius 2 is 2.00 bits per heavy atom. The monoisotopic (exact) mass is 223 g/mol. The largest absolute Gasteiger partial charge is 0.326 e. The second-order valence-corrected chi connectivity index (χ2v) is 5.22. The summed E-state index contributed by atoms with van der Waals surface area (Å²) in [5.41, 5.74) is 1.59. The minimum absolute atomic E-state index is 0.0566. The molecule has 1 amide bonds. The minimum atomic E-state index is -0.270. The quantitative estimate of drug-likeness (QED) is 0.818. The van der Waals surface area contributed by atoms with Gasteiger partial charge in [0.25, 0.3) is 0 Å². The van der Waals surface area contributed by atoms with Gasteiger partial charge in [0.2, 0.25) is 5.91 Å². The van der Waals surface area contributed by atoms with E-state index in [9.17, 15) is 9.18 Å². The van der Waals surface area contributed by atoms with Gasteiger partial charge in [-0.05, 0) is 35.6 Å². The molecule has 0 heterocycles. The van der Waals surface area contributed by atoms with Crippen molar-refractivity contribution in [1.29, 1.82) is 0 Å². The summed E-state index contributed by atoms with van der Waals surface area (Å²) in [6, 6.07) is 4.45. The van der Waals surface area contributed by atoms with Crippen molar-refractivity contribution in [3.63, 3.8) is 0 Å². The highest BCUT2D eigenvalue weighted by atomic mass is 19.1. The Kier molecular flexibility index (Phi) is 3.68. The summed E-state index contributed by atoms with van der Waals surface area (Å²) >= 11 is 0. The molecule has 0 aliphatic carbocycles. The molecule has 0 saturated carbocycles. The van der Waals surface area contributed by atoms with Crippen LogP contribution in [0.25, 0.3) is 0 Å². The molecular weight excluding hydrogens is 205 g/mol. The van der Waals surface area contributed by atoms with E-state index in [0.29, 0.717) is 5.69 Å². The zero-order valence-electron chi connectivity index (χ0n) is 10.2. The summed E-state index contributed by atoms with van der Waals surface area (Å²) in [7, 11) is 0. The normalized spacial score (nSPS) is 11.3. The lowest BCUT2D eigenvalue weighted by molar-refractivity contribution is -0.114. The van der Waals surface area contributed by atoms with E-state index in [1.54, 1.807) is 6.07 Å². The molecule has 0 unspecified atom stereocenters. The van der Waals surface area contributed by atoms with Crippen LogP contribution < -0.4 is 5.32 Å². The van der Waals surface area contributed by atoms with Crippen LogP contribution in [0.3, 0.4) is 0 Å². The van der Waals surface area contributed by atoms with E-state index >= 15 is 0 Å². The number of amides is 1. The van der Waals surface area contributed by atoms with Crippen LogP contribution in [0.5, 0.6) is 0 Å². The van der Waals surface area contributed by atoms with Gasteiger partial charge >= 0.3 is 0 Å². The number of hydrogen-bond donors (Lipinski definition) is 1. The van der Waals surface area contributed by atoms with Crippen molar-refractivity contribution in [2.45, 2.75) is 34.1 Å². The van der Waals surface area contributed by atoms with Crippen molar-refractivity contribution in [1.82, 2.24) is 0 Å². The molecule has 0 radical (unpaired) electrons. The Bertz CT molecular complexity index is 393. The van der Waals surface area contributed by atoms with Gasteiger partial charge < -0.3 is 5.32 Å². The Morgan fingerprint density at radius 3 is 2.50 bits per heavy atom. The van der Waals surface area contributed by atoms with Gasteiger partial charge in [-0.2, -0.15) is 0 Å². The first-order chi connectivity index (χ1) is 7.28. The zero-order chi connectivity index (χ0) is 12.3. The minimum Gasteiger partial charge on any atom is -0.326 e. The molecule has 0 aliphatic heterocycles. The lowest BCUT2D eigenvalue weighted by Crippen LogP contribution is -2.14. The fourth-order valence-electron chi connectivity index (χ4n) is 1.59. The highest BCUT2D eigenvalue weighted by molar-refractivity contribution is 5.89. The third kappa shape index (κ3) is 4.01. The SMILES string of the molecule is CC(=O)Nc1ccc(F)cc1CC(C)(C)C. The Balaban J connectivity index is 3.03. The van der Waals surface area contributed by atoms with Gasteiger partial charge in [0.15, 0.2) is 0 Å². The van der Waals surface area contributed by atoms with Crippen LogP contribution in [0.1, 0.15) is 33.3 Å². The van der Waals surface area contributed by atoms with Crippen molar-refractivity contribution in [3.8, 4) is 0 Å². The van der Waals surface area contributed by atoms with Crippen molar-refractivity contribution < 1.29 is 9.18 Å². The first kappa shape index (κ1) is 12.7. The Morgan fingerprint density at radius 1 is 1.38 bits per heavy atom. The molecule has 0 fully saturated rings. The van der Waals surface area contributed by atoms with Crippen LogP contribution in [0.4, 0.5) is 10.1 Å². The third-order valence-corrected chi connectivity index (χ3v) is 2.10. The number of hydrogen-bond acceptors (Lipinski definition) is 1. The number of carbonyl (C=O) groups is 1. The number of carbonyl (C=O) groups excluding carboxylic acids is 1. The van der Waals surface area contributed by atoms with Gasteiger partial charge in [-0.15, -0.1) is 0 Å². The predicted octanol–water partition coefficient (Wildman–Crippen LogP) is 3.37. The van der Waals surface area contributed by atoms with Gasteiger partial charge in [-0.3, -0.25) is 4.79 Å². The van der Waals surface area contributed by atoms with E-state index in [1.807, 2.05) is 0 Å². The van der Waals surface area contributed by atoms with E-state index in [4.69, 9.17) is 0 Å². The van der Waals surface area contributed by atoms with Gasteiger partial charge in [-0.25, -0.2) is 4.39 Å². The summed E-state index contributed by atoms with van der Waals surface area (Å²) in [6.07, 6.45) is 0.723. The van der Waals surface area contributed by atoms with E-state index in [-0.39, 0.29) is 17.1 Å². The molecule has 0 saturated heterocycles. The van der Waals surface area contributed by atoms with Crippen LogP contribution in [-0.2, 0) is 11.2 Å². The molecular formula is C13H18FNO. The molecule has 2 nitrogen and oxygen atoms in total. The average molecular weight is 223 g/mol. The molecule has 1 rings (SSSR count). The molecule has 0 spiro atoms. The highest BCUT2D eigenvalue weighted by Gasteiger charge is 2.15. The maximum atomic E-state index is 13.1.